The first-order chi connectivity index (χ1) is 8.13. The smallest absolute Gasteiger partial charge is 0.362 e. The standard InChI is InChI=1S/C11H11NO5/c1-16-10(14)7-9(13)12-17-11(15)8-5-3-2-4-6-8/h2-6H,7H2,1H3,(H,12,13). The molecule has 0 heterocycles. The lowest BCUT2D eigenvalue weighted by Crippen LogP contribution is -2.29. The van der Waals surface area contributed by atoms with E-state index in [9.17, 15) is 14.4 Å². The molecule has 6 nitrogen and oxygen atoms in total. The Bertz CT molecular complexity index is 415. The normalized spacial score (nSPS) is 9.24. The molecule has 0 aliphatic rings. The lowest BCUT2D eigenvalue weighted by molar-refractivity contribution is -0.146. The summed E-state index contributed by atoms with van der Waals surface area (Å²) >= 11 is 0. The van der Waals surface area contributed by atoms with Gasteiger partial charge in [0.15, 0.2) is 0 Å². The highest BCUT2D eigenvalue weighted by Gasteiger charge is 2.12. The van der Waals surface area contributed by atoms with Gasteiger partial charge in [-0.15, -0.1) is 0 Å². The van der Waals surface area contributed by atoms with Crippen molar-refractivity contribution in [3.63, 3.8) is 0 Å². The van der Waals surface area contributed by atoms with Crippen LogP contribution in [-0.4, -0.2) is 25.0 Å². The van der Waals surface area contributed by atoms with Crippen molar-refractivity contribution < 1.29 is 24.0 Å². The van der Waals surface area contributed by atoms with Gasteiger partial charge in [-0.2, -0.15) is 5.48 Å². The summed E-state index contributed by atoms with van der Waals surface area (Å²) in [7, 11) is 1.16. The Morgan fingerprint density at radius 2 is 1.82 bits per heavy atom. The Labute approximate surface area is 97.5 Å². The highest BCUT2D eigenvalue weighted by atomic mass is 16.7. The SMILES string of the molecule is COC(=O)CC(=O)NOC(=O)c1ccccc1. The van der Waals surface area contributed by atoms with Gasteiger partial charge in [0.2, 0.25) is 0 Å². The highest BCUT2D eigenvalue weighted by molar-refractivity contribution is 5.95. The molecule has 6 heteroatoms. The number of carbonyl (C=O) groups is 3. The number of nitrogens with one attached hydrogen (secondary N) is 1. The van der Waals surface area contributed by atoms with E-state index in [4.69, 9.17) is 0 Å². The second-order valence-corrected chi connectivity index (χ2v) is 3.03. The fourth-order valence-electron chi connectivity index (χ4n) is 0.976. The van der Waals surface area contributed by atoms with E-state index in [0.717, 1.165) is 7.11 Å². The van der Waals surface area contributed by atoms with Crippen LogP contribution in [0.4, 0.5) is 0 Å². The number of esters is 1. The van der Waals surface area contributed by atoms with Crippen LogP contribution < -0.4 is 5.48 Å². The van der Waals surface area contributed by atoms with Gasteiger partial charge in [0.05, 0.1) is 12.7 Å². The van der Waals surface area contributed by atoms with E-state index in [-0.39, 0.29) is 0 Å². The van der Waals surface area contributed by atoms with Crippen molar-refractivity contribution in [2.24, 2.45) is 0 Å². The topological polar surface area (TPSA) is 81.7 Å². The molecule has 0 radical (unpaired) electrons. The van der Waals surface area contributed by atoms with Gasteiger partial charge in [-0.25, -0.2) is 4.79 Å². The third-order valence-electron chi connectivity index (χ3n) is 1.80. The molecule has 1 amide bonds. The zero-order valence-corrected chi connectivity index (χ0v) is 9.14. The fourth-order valence-corrected chi connectivity index (χ4v) is 0.976. The van der Waals surface area contributed by atoms with Crippen LogP contribution in [0.3, 0.4) is 0 Å². The predicted octanol–water partition coefficient (Wildman–Crippen LogP) is 0.438. The molecule has 0 bridgehead atoms. The van der Waals surface area contributed by atoms with Crippen molar-refractivity contribution in [1.82, 2.24) is 5.48 Å². The summed E-state index contributed by atoms with van der Waals surface area (Å²) in [5, 5.41) is 0. The van der Waals surface area contributed by atoms with E-state index >= 15 is 0 Å². The molecule has 0 spiro atoms. The van der Waals surface area contributed by atoms with Crippen molar-refractivity contribution in [1.29, 1.82) is 0 Å². The Kier molecular flexibility index (Phi) is 4.68. The van der Waals surface area contributed by atoms with E-state index in [0.29, 0.717) is 5.56 Å². The number of hydrogen-bond donors (Lipinski definition) is 1. The molecular formula is C11H11NO5. The van der Waals surface area contributed by atoms with Gasteiger partial charge in [0.25, 0.3) is 5.91 Å². The van der Waals surface area contributed by atoms with Crippen LogP contribution in [0.1, 0.15) is 16.8 Å². The first-order valence-electron chi connectivity index (χ1n) is 4.75. The second-order valence-electron chi connectivity index (χ2n) is 3.03. The first kappa shape index (κ1) is 12.7. The van der Waals surface area contributed by atoms with Crippen molar-refractivity contribution in [2.75, 3.05) is 7.11 Å². The minimum absolute atomic E-state index is 0.297. The molecule has 1 rings (SSSR count). The molecule has 1 aromatic carbocycles. The van der Waals surface area contributed by atoms with Gasteiger partial charge in [0.1, 0.15) is 6.42 Å². The van der Waals surface area contributed by atoms with Gasteiger partial charge in [0, 0.05) is 0 Å². The minimum Gasteiger partial charge on any atom is -0.469 e. The fraction of sp³-hybridized carbons (Fsp3) is 0.182. The number of rotatable bonds is 3. The Balaban J connectivity index is 2.39. The molecule has 0 saturated carbocycles. The molecule has 1 N–H and O–H groups in total. The Hall–Kier alpha value is -2.37. The summed E-state index contributed by atoms with van der Waals surface area (Å²) in [4.78, 5) is 37.6. The van der Waals surface area contributed by atoms with Gasteiger partial charge in [-0.05, 0) is 12.1 Å². The molecule has 0 unspecified atom stereocenters. The molecule has 0 saturated heterocycles. The molecule has 0 aliphatic carbocycles. The van der Waals surface area contributed by atoms with Crippen LogP contribution in [0.2, 0.25) is 0 Å². The molecule has 0 aromatic heterocycles. The maximum Gasteiger partial charge on any atom is 0.362 e. The van der Waals surface area contributed by atoms with Crippen molar-refractivity contribution in [3.05, 3.63) is 35.9 Å². The van der Waals surface area contributed by atoms with Gasteiger partial charge < -0.3 is 9.57 Å². The third kappa shape index (κ3) is 4.33. The lowest BCUT2D eigenvalue weighted by Gasteiger charge is -2.04. The molecular weight excluding hydrogens is 226 g/mol. The number of hydroxylamine groups is 1. The number of carbonyl (C=O) groups excluding carboxylic acids is 3. The third-order valence-corrected chi connectivity index (χ3v) is 1.80. The zero-order chi connectivity index (χ0) is 12.7. The molecule has 1 aromatic rings. The van der Waals surface area contributed by atoms with Gasteiger partial charge in [-0.3, -0.25) is 9.59 Å². The number of ether oxygens (including phenoxy) is 1. The first-order valence-corrected chi connectivity index (χ1v) is 4.75. The zero-order valence-electron chi connectivity index (χ0n) is 9.14. The second kappa shape index (κ2) is 6.26. The monoisotopic (exact) mass is 237 g/mol. The lowest BCUT2D eigenvalue weighted by atomic mass is 10.2. The van der Waals surface area contributed by atoms with Crippen LogP contribution in [0.5, 0.6) is 0 Å². The summed E-state index contributed by atoms with van der Waals surface area (Å²) in [6.07, 6.45) is -0.501. The van der Waals surface area contributed by atoms with E-state index in [1.54, 1.807) is 18.2 Å². The van der Waals surface area contributed by atoms with Crippen molar-refractivity contribution in [2.45, 2.75) is 6.42 Å². The summed E-state index contributed by atoms with van der Waals surface area (Å²) < 4.78 is 4.27. The summed E-state index contributed by atoms with van der Waals surface area (Å²) in [6.45, 7) is 0. The van der Waals surface area contributed by atoms with Crippen LogP contribution in [0.25, 0.3) is 0 Å². The Morgan fingerprint density at radius 1 is 1.18 bits per heavy atom. The average molecular weight is 237 g/mol. The Morgan fingerprint density at radius 3 is 2.41 bits per heavy atom. The number of benzene rings is 1. The van der Waals surface area contributed by atoms with Crippen molar-refractivity contribution >= 4 is 17.8 Å². The van der Waals surface area contributed by atoms with Crippen LogP contribution in [0.15, 0.2) is 30.3 Å². The summed E-state index contributed by atoms with van der Waals surface area (Å²) in [5.41, 5.74) is 2.15. The van der Waals surface area contributed by atoms with Crippen LogP contribution in [-0.2, 0) is 19.2 Å². The largest absolute Gasteiger partial charge is 0.469 e. The van der Waals surface area contributed by atoms with E-state index < -0.39 is 24.3 Å². The number of hydrogen-bond acceptors (Lipinski definition) is 5. The predicted molar refractivity (Wildman–Crippen MR) is 56.6 cm³/mol. The molecule has 0 fully saturated rings. The van der Waals surface area contributed by atoms with Gasteiger partial charge >= 0.3 is 11.9 Å². The average Bonchev–Trinajstić information content (AvgIpc) is 2.36. The quantitative estimate of drug-likeness (QED) is 0.468. The molecule has 17 heavy (non-hydrogen) atoms. The molecule has 90 valence electrons. The maximum atomic E-state index is 11.4. The number of methoxy groups -OCH3 is 1. The molecule has 0 aliphatic heterocycles. The van der Waals surface area contributed by atoms with Crippen molar-refractivity contribution in [3.8, 4) is 0 Å². The maximum absolute atomic E-state index is 11.4. The number of amides is 1. The minimum atomic E-state index is -0.749. The highest BCUT2D eigenvalue weighted by Crippen LogP contribution is 1.99. The molecule has 0 atom stereocenters. The van der Waals surface area contributed by atoms with Gasteiger partial charge in [-0.1, -0.05) is 18.2 Å². The van der Waals surface area contributed by atoms with E-state index in [1.165, 1.54) is 12.1 Å². The van der Waals surface area contributed by atoms with E-state index in [2.05, 4.69) is 9.57 Å². The summed E-state index contributed by atoms with van der Waals surface area (Å²) in [5.74, 6) is -2.16. The summed E-state index contributed by atoms with van der Waals surface area (Å²) in [6, 6.07) is 8.13. The van der Waals surface area contributed by atoms with Crippen LogP contribution >= 0.6 is 0 Å². The van der Waals surface area contributed by atoms with E-state index in [1.807, 2.05) is 5.48 Å². The van der Waals surface area contributed by atoms with Crippen LogP contribution in [0, 0.1) is 0 Å².